The molecule has 1 aliphatic rings. The van der Waals surface area contributed by atoms with Gasteiger partial charge in [-0.15, -0.1) is 0 Å². The summed E-state index contributed by atoms with van der Waals surface area (Å²) in [5.41, 5.74) is 2.35. The number of carbonyl (C=O) groups excluding carboxylic acids is 1. The first-order valence-electron chi connectivity index (χ1n) is 8.97. The average molecular weight is 347 g/mol. The smallest absolute Gasteiger partial charge is 0.326 e. The van der Waals surface area contributed by atoms with Crippen LogP contribution < -0.4 is 5.32 Å². The van der Waals surface area contributed by atoms with Gasteiger partial charge in [-0.1, -0.05) is 24.3 Å². The van der Waals surface area contributed by atoms with Crippen LogP contribution in [0.15, 0.2) is 24.3 Å². The molecule has 25 heavy (non-hydrogen) atoms. The Morgan fingerprint density at radius 2 is 1.96 bits per heavy atom. The number of amides is 1. The molecule has 0 saturated heterocycles. The topological polar surface area (TPSA) is 75.6 Å². The van der Waals surface area contributed by atoms with Gasteiger partial charge in [-0.2, -0.15) is 0 Å². The van der Waals surface area contributed by atoms with Crippen LogP contribution in [0.4, 0.5) is 0 Å². The maximum atomic E-state index is 12.3. The minimum absolute atomic E-state index is 0.187. The van der Waals surface area contributed by atoms with Crippen LogP contribution in [-0.2, 0) is 27.2 Å². The van der Waals surface area contributed by atoms with Gasteiger partial charge in [-0.3, -0.25) is 4.79 Å². The van der Waals surface area contributed by atoms with Gasteiger partial charge < -0.3 is 15.2 Å². The molecule has 1 amide bonds. The molecule has 0 aromatic heterocycles. The van der Waals surface area contributed by atoms with Crippen molar-refractivity contribution in [1.82, 2.24) is 5.32 Å². The third-order valence-electron chi connectivity index (χ3n) is 4.50. The van der Waals surface area contributed by atoms with Crippen LogP contribution in [0.1, 0.15) is 51.2 Å². The fraction of sp³-hybridized carbons (Fsp3) is 0.600. The van der Waals surface area contributed by atoms with Crippen LogP contribution in [0.5, 0.6) is 0 Å². The Kier molecular flexibility index (Phi) is 6.59. The van der Waals surface area contributed by atoms with Gasteiger partial charge in [0.25, 0.3) is 0 Å². The molecular formula is C20H29NO4. The van der Waals surface area contributed by atoms with Gasteiger partial charge in [0.1, 0.15) is 6.04 Å². The first kappa shape index (κ1) is 19.4. The van der Waals surface area contributed by atoms with E-state index < -0.39 is 12.0 Å². The fourth-order valence-corrected chi connectivity index (χ4v) is 3.20. The van der Waals surface area contributed by atoms with Crippen molar-refractivity contribution in [2.45, 2.75) is 64.5 Å². The van der Waals surface area contributed by atoms with Gasteiger partial charge in [0.05, 0.1) is 5.60 Å². The molecule has 5 heteroatoms. The average Bonchev–Trinajstić information content (AvgIpc) is 2.52. The predicted molar refractivity (Wildman–Crippen MR) is 96.5 cm³/mol. The van der Waals surface area contributed by atoms with E-state index in [1.165, 1.54) is 11.1 Å². The summed E-state index contributed by atoms with van der Waals surface area (Å²) in [7, 11) is 0. The Hall–Kier alpha value is -1.88. The quantitative estimate of drug-likeness (QED) is 0.795. The Labute approximate surface area is 149 Å². The summed E-state index contributed by atoms with van der Waals surface area (Å²) in [5.74, 6) is -0.928. The van der Waals surface area contributed by atoms with E-state index in [9.17, 15) is 14.7 Å². The number of carbonyl (C=O) groups is 2. The standard InChI is InChI=1S/C20H29NO4/c1-20(2,3)25-11-10-17(19(23)24)21-18(22)13-14-8-9-15-6-4-5-7-16(15)12-14/h4-7,14,17H,8-13H2,1-3H3,(H,21,22)(H,23,24). The summed E-state index contributed by atoms with van der Waals surface area (Å²) in [5, 5.41) is 12.0. The summed E-state index contributed by atoms with van der Waals surface area (Å²) in [4.78, 5) is 23.7. The molecule has 1 aromatic rings. The summed E-state index contributed by atoms with van der Waals surface area (Å²) < 4.78 is 5.57. The van der Waals surface area contributed by atoms with Crippen LogP contribution >= 0.6 is 0 Å². The zero-order chi connectivity index (χ0) is 18.4. The van der Waals surface area contributed by atoms with E-state index in [2.05, 4.69) is 17.4 Å². The number of aryl methyl sites for hydroxylation is 1. The van der Waals surface area contributed by atoms with E-state index in [0.29, 0.717) is 13.0 Å². The second-order valence-electron chi connectivity index (χ2n) is 7.79. The Morgan fingerprint density at radius 1 is 1.28 bits per heavy atom. The molecule has 0 aliphatic heterocycles. The highest BCUT2D eigenvalue weighted by Gasteiger charge is 2.25. The van der Waals surface area contributed by atoms with Crippen LogP contribution in [0.3, 0.4) is 0 Å². The Bertz CT molecular complexity index is 606. The number of aliphatic carboxylic acids is 1. The molecule has 138 valence electrons. The Morgan fingerprint density at radius 3 is 2.60 bits per heavy atom. The van der Waals surface area contributed by atoms with Crippen molar-refractivity contribution in [3.05, 3.63) is 35.4 Å². The molecule has 2 atom stereocenters. The monoisotopic (exact) mass is 347 g/mol. The number of carboxylic acid groups (broad SMARTS) is 1. The molecule has 0 radical (unpaired) electrons. The molecule has 0 heterocycles. The molecule has 0 bridgehead atoms. The lowest BCUT2D eigenvalue weighted by atomic mass is 9.82. The predicted octanol–water partition coefficient (Wildman–Crippen LogP) is 2.96. The van der Waals surface area contributed by atoms with E-state index >= 15 is 0 Å². The van der Waals surface area contributed by atoms with Gasteiger partial charge >= 0.3 is 5.97 Å². The molecule has 0 spiro atoms. The SMILES string of the molecule is CC(C)(C)OCCC(NC(=O)CC1CCc2ccccc2C1)C(=O)O. The highest BCUT2D eigenvalue weighted by Crippen LogP contribution is 2.27. The minimum atomic E-state index is -1.01. The van der Waals surface area contributed by atoms with Crippen molar-refractivity contribution in [1.29, 1.82) is 0 Å². The van der Waals surface area contributed by atoms with Gasteiger partial charge in [0.15, 0.2) is 0 Å². The highest BCUT2D eigenvalue weighted by molar-refractivity contribution is 5.83. The van der Waals surface area contributed by atoms with Crippen LogP contribution in [0, 0.1) is 5.92 Å². The van der Waals surface area contributed by atoms with Crippen molar-refractivity contribution < 1.29 is 19.4 Å². The lowest BCUT2D eigenvalue weighted by Crippen LogP contribution is -2.42. The van der Waals surface area contributed by atoms with Crippen LogP contribution in [0.25, 0.3) is 0 Å². The molecule has 5 nitrogen and oxygen atoms in total. The maximum Gasteiger partial charge on any atom is 0.326 e. The summed E-state index contributed by atoms with van der Waals surface area (Å²) in [6.07, 6.45) is 3.48. The number of hydrogen-bond acceptors (Lipinski definition) is 3. The van der Waals surface area contributed by atoms with E-state index in [1.54, 1.807) is 0 Å². The lowest BCUT2D eigenvalue weighted by molar-refractivity contribution is -0.143. The summed E-state index contributed by atoms with van der Waals surface area (Å²) in [6, 6.07) is 7.43. The highest BCUT2D eigenvalue weighted by atomic mass is 16.5. The number of nitrogens with one attached hydrogen (secondary N) is 1. The lowest BCUT2D eigenvalue weighted by Gasteiger charge is -2.25. The first-order chi connectivity index (χ1) is 11.7. The molecule has 2 rings (SSSR count). The fourth-order valence-electron chi connectivity index (χ4n) is 3.20. The van der Waals surface area contributed by atoms with Gasteiger partial charge in [0.2, 0.25) is 5.91 Å². The molecule has 0 fully saturated rings. The van der Waals surface area contributed by atoms with Crippen molar-refractivity contribution in [2.75, 3.05) is 6.61 Å². The third-order valence-corrected chi connectivity index (χ3v) is 4.50. The number of rotatable bonds is 7. The van der Waals surface area contributed by atoms with Gasteiger partial charge in [0, 0.05) is 19.4 Å². The van der Waals surface area contributed by atoms with Crippen molar-refractivity contribution in [2.24, 2.45) is 5.92 Å². The number of benzene rings is 1. The summed E-state index contributed by atoms with van der Waals surface area (Å²) >= 11 is 0. The molecule has 1 aliphatic carbocycles. The number of fused-ring (bicyclic) bond motifs is 1. The van der Waals surface area contributed by atoms with Crippen molar-refractivity contribution >= 4 is 11.9 Å². The van der Waals surface area contributed by atoms with E-state index in [0.717, 1.165) is 19.3 Å². The third kappa shape index (κ3) is 6.50. The first-order valence-corrected chi connectivity index (χ1v) is 8.97. The zero-order valence-electron chi connectivity index (χ0n) is 15.4. The van der Waals surface area contributed by atoms with Crippen molar-refractivity contribution in [3.8, 4) is 0 Å². The van der Waals surface area contributed by atoms with Gasteiger partial charge in [-0.05, 0) is 57.1 Å². The second kappa shape index (κ2) is 8.48. The van der Waals surface area contributed by atoms with E-state index in [4.69, 9.17) is 4.74 Å². The van der Waals surface area contributed by atoms with Crippen molar-refractivity contribution in [3.63, 3.8) is 0 Å². The largest absolute Gasteiger partial charge is 0.480 e. The minimum Gasteiger partial charge on any atom is -0.480 e. The molecule has 0 saturated carbocycles. The second-order valence-corrected chi connectivity index (χ2v) is 7.79. The number of ether oxygens (including phenoxy) is 1. The molecular weight excluding hydrogens is 318 g/mol. The van der Waals surface area contributed by atoms with Crippen LogP contribution in [0.2, 0.25) is 0 Å². The van der Waals surface area contributed by atoms with Gasteiger partial charge in [-0.25, -0.2) is 4.79 Å². The number of hydrogen-bond donors (Lipinski definition) is 2. The zero-order valence-corrected chi connectivity index (χ0v) is 15.4. The van der Waals surface area contributed by atoms with E-state index in [-0.39, 0.29) is 23.8 Å². The van der Waals surface area contributed by atoms with Crippen LogP contribution in [-0.4, -0.2) is 35.2 Å². The number of carboxylic acids is 1. The molecule has 2 N–H and O–H groups in total. The molecule has 1 aromatic carbocycles. The Balaban J connectivity index is 1.82. The maximum absolute atomic E-state index is 12.3. The van der Waals surface area contributed by atoms with E-state index in [1.807, 2.05) is 32.9 Å². The normalized spacial score (nSPS) is 18.3. The molecule has 2 unspecified atom stereocenters. The summed E-state index contributed by atoms with van der Waals surface area (Å²) in [6.45, 7) is 6.06.